The lowest BCUT2D eigenvalue weighted by Gasteiger charge is -2.06. The summed E-state index contributed by atoms with van der Waals surface area (Å²) >= 11 is 5.84. The van der Waals surface area contributed by atoms with Crippen LogP contribution in [0.25, 0.3) is 0 Å². The van der Waals surface area contributed by atoms with Crippen molar-refractivity contribution in [2.75, 3.05) is 5.32 Å². The summed E-state index contributed by atoms with van der Waals surface area (Å²) in [5.74, 6) is -0.178. The fourth-order valence-corrected chi connectivity index (χ4v) is 1.40. The normalized spacial score (nSPS) is 10.1. The Labute approximate surface area is 96.8 Å². The maximum Gasteiger partial charge on any atom is 0.292 e. The number of nitrogens with zero attached hydrogens (tertiary/aromatic N) is 2. The maximum absolute atomic E-state index is 11.7. The van der Waals surface area contributed by atoms with Gasteiger partial charge in [-0.05, 0) is 24.6 Å². The Balaban J connectivity index is 2.21. The van der Waals surface area contributed by atoms with Gasteiger partial charge in [0.1, 0.15) is 6.33 Å². The molecule has 0 aliphatic carbocycles. The summed E-state index contributed by atoms with van der Waals surface area (Å²) in [6.45, 7) is 1.88. The van der Waals surface area contributed by atoms with E-state index in [4.69, 9.17) is 11.6 Å². The first-order valence-corrected chi connectivity index (χ1v) is 4.97. The van der Waals surface area contributed by atoms with Crippen LogP contribution in [0.2, 0.25) is 5.02 Å². The molecule has 1 amide bonds. The molecule has 0 bridgehead atoms. The number of aromatic nitrogens is 3. The number of aryl methyl sites for hydroxylation is 1. The number of amides is 1. The summed E-state index contributed by atoms with van der Waals surface area (Å²) in [4.78, 5) is 15.4. The van der Waals surface area contributed by atoms with Crippen molar-refractivity contribution in [1.29, 1.82) is 0 Å². The number of halogens is 1. The number of rotatable bonds is 2. The molecule has 0 fully saturated rings. The van der Waals surface area contributed by atoms with Gasteiger partial charge in [-0.2, -0.15) is 5.10 Å². The van der Waals surface area contributed by atoms with E-state index in [1.807, 2.05) is 13.0 Å². The quantitative estimate of drug-likeness (QED) is 0.838. The summed E-state index contributed by atoms with van der Waals surface area (Å²) in [5.41, 5.74) is 1.59. The number of H-pyrrole nitrogens is 1. The molecular weight excluding hydrogens is 228 g/mol. The molecule has 6 heteroatoms. The first-order chi connectivity index (χ1) is 7.66. The summed E-state index contributed by atoms with van der Waals surface area (Å²) < 4.78 is 0. The summed E-state index contributed by atoms with van der Waals surface area (Å²) in [6.07, 6.45) is 1.28. The van der Waals surface area contributed by atoms with Gasteiger partial charge in [0.2, 0.25) is 5.82 Å². The van der Waals surface area contributed by atoms with Gasteiger partial charge in [-0.25, -0.2) is 4.98 Å². The Kier molecular flexibility index (Phi) is 2.87. The molecule has 2 rings (SSSR count). The molecule has 2 aromatic rings. The number of carbonyl (C=O) groups excluding carboxylic acids is 1. The topological polar surface area (TPSA) is 70.7 Å². The van der Waals surface area contributed by atoms with Gasteiger partial charge in [-0.15, -0.1) is 0 Å². The number of hydrogen-bond acceptors (Lipinski definition) is 3. The minimum Gasteiger partial charge on any atom is -0.319 e. The van der Waals surface area contributed by atoms with Crippen molar-refractivity contribution >= 4 is 23.2 Å². The highest BCUT2D eigenvalue weighted by atomic mass is 35.5. The van der Waals surface area contributed by atoms with Crippen molar-refractivity contribution < 1.29 is 4.79 Å². The van der Waals surface area contributed by atoms with Crippen LogP contribution >= 0.6 is 11.6 Å². The van der Waals surface area contributed by atoms with Crippen molar-refractivity contribution in [1.82, 2.24) is 15.2 Å². The molecule has 0 aliphatic rings. The Hall–Kier alpha value is -1.88. The molecule has 1 aromatic carbocycles. The molecule has 82 valence electrons. The molecular formula is C10H9ClN4O. The van der Waals surface area contributed by atoms with E-state index in [1.165, 1.54) is 6.33 Å². The first-order valence-electron chi connectivity index (χ1n) is 4.59. The van der Waals surface area contributed by atoms with Crippen LogP contribution in [0.15, 0.2) is 24.5 Å². The third-order valence-electron chi connectivity index (χ3n) is 2.08. The zero-order valence-electron chi connectivity index (χ0n) is 8.49. The van der Waals surface area contributed by atoms with E-state index < -0.39 is 0 Å². The molecule has 16 heavy (non-hydrogen) atoms. The number of hydrogen-bond donors (Lipinski definition) is 2. The Morgan fingerprint density at radius 1 is 1.50 bits per heavy atom. The van der Waals surface area contributed by atoms with E-state index >= 15 is 0 Å². The van der Waals surface area contributed by atoms with Gasteiger partial charge in [-0.1, -0.05) is 17.7 Å². The molecule has 0 unspecified atom stereocenters. The van der Waals surface area contributed by atoms with Crippen molar-refractivity contribution in [3.05, 3.63) is 40.9 Å². The van der Waals surface area contributed by atoms with Gasteiger partial charge in [0, 0.05) is 10.7 Å². The lowest BCUT2D eigenvalue weighted by atomic mass is 10.2. The fourth-order valence-electron chi connectivity index (χ4n) is 1.23. The number of benzene rings is 1. The standard InChI is InChI=1S/C10H9ClN4O/c1-6-2-3-7(11)4-8(6)14-10(16)9-12-5-13-15-9/h2-5H,1H3,(H,14,16)(H,12,13,15). The third kappa shape index (κ3) is 2.20. The van der Waals surface area contributed by atoms with Crippen LogP contribution < -0.4 is 5.32 Å². The average Bonchev–Trinajstić information content (AvgIpc) is 2.76. The lowest BCUT2D eigenvalue weighted by Crippen LogP contribution is -2.14. The molecule has 2 N–H and O–H groups in total. The van der Waals surface area contributed by atoms with Gasteiger partial charge < -0.3 is 5.32 Å². The number of anilines is 1. The molecule has 0 saturated heterocycles. The minimum atomic E-state index is -0.345. The average molecular weight is 237 g/mol. The number of aromatic amines is 1. The molecule has 0 atom stereocenters. The van der Waals surface area contributed by atoms with E-state index in [1.54, 1.807) is 12.1 Å². The highest BCUT2D eigenvalue weighted by Crippen LogP contribution is 2.20. The second-order valence-corrected chi connectivity index (χ2v) is 3.68. The third-order valence-corrected chi connectivity index (χ3v) is 2.31. The molecule has 5 nitrogen and oxygen atoms in total. The zero-order chi connectivity index (χ0) is 11.5. The fraction of sp³-hybridized carbons (Fsp3) is 0.100. The molecule has 1 aromatic heterocycles. The zero-order valence-corrected chi connectivity index (χ0v) is 9.25. The van der Waals surface area contributed by atoms with E-state index in [9.17, 15) is 4.79 Å². The maximum atomic E-state index is 11.7. The summed E-state index contributed by atoms with van der Waals surface area (Å²) in [7, 11) is 0. The SMILES string of the molecule is Cc1ccc(Cl)cc1NC(=O)c1ncn[nH]1. The molecule has 1 heterocycles. The van der Waals surface area contributed by atoms with E-state index in [-0.39, 0.29) is 11.7 Å². The number of carbonyl (C=O) groups is 1. The molecule has 0 spiro atoms. The van der Waals surface area contributed by atoms with Crippen LogP contribution in [-0.4, -0.2) is 21.1 Å². The smallest absolute Gasteiger partial charge is 0.292 e. The molecule has 0 saturated carbocycles. The van der Waals surface area contributed by atoms with Crippen LogP contribution in [0, 0.1) is 6.92 Å². The monoisotopic (exact) mass is 236 g/mol. The highest BCUT2D eigenvalue weighted by molar-refractivity contribution is 6.31. The Morgan fingerprint density at radius 2 is 2.31 bits per heavy atom. The van der Waals surface area contributed by atoms with Crippen molar-refractivity contribution in [2.24, 2.45) is 0 Å². The van der Waals surface area contributed by atoms with Crippen LogP contribution in [0.3, 0.4) is 0 Å². The van der Waals surface area contributed by atoms with Gasteiger partial charge in [0.15, 0.2) is 0 Å². The highest BCUT2D eigenvalue weighted by Gasteiger charge is 2.10. The Morgan fingerprint density at radius 3 is 3.00 bits per heavy atom. The minimum absolute atomic E-state index is 0.166. The van der Waals surface area contributed by atoms with Gasteiger partial charge in [-0.3, -0.25) is 9.89 Å². The second-order valence-electron chi connectivity index (χ2n) is 3.25. The first kappa shape index (κ1) is 10.6. The van der Waals surface area contributed by atoms with Crippen LogP contribution in [0.5, 0.6) is 0 Å². The Bertz CT molecular complexity index is 510. The van der Waals surface area contributed by atoms with Crippen molar-refractivity contribution in [2.45, 2.75) is 6.92 Å². The van der Waals surface area contributed by atoms with Crippen LogP contribution in [0.1, 0.15) is 16.2 Å². The molecule has 0 radical (unpaired) electrons. The van der Waals surface area contributed by atoms with E-state index in [2.05, 4.69) is 20.5 Å². The van der Waals surface area contributed by atoms with E-state index in [0.29, 0.717) is 10.7 Å². The molecule has 0 aliphatic heterocycles. The second kappa shape index (κ2) is 4.32. The summed E-state index contributed by atoms with van der Waals surface area (Å²) in [5, 5.41) is 9.35. The van der Waals surface area contributed by atoms with Gasteiger partial charge in [0.05, 0.1) is 0 Å². The van der Waals surface area contributed by atoms with Crippen molar-refractivity contribution in [3.8, 4) is 0 Å². The summed E-state index contributed by atoms with van der Waals surface area (Å²) in [6, 6.07) is 5.28. The van der Waals surface area contributed by atoms with Crippen LogP contribution in [0.4, 0.5) is 5.69 Å². The number of nitrogens with one attached hydrogen (secondary N) is 2. The van der Waals surface area contributed by atoms with Gasteiger partial charge >= 0.3 is 0 Å². The predicted octanol–water partition coefficient (Wildman–Crippen LogP) is 2.02. The van der Waals surface area contributed by atoms with Crippen molar-refractivity contribution in [3.63, 3.8) is 0 Å². The predicted molar refractivity (Wildman–Crippen MR) is 60.5 cm³/mol. The largest absolute Gasteiger partial charge is 0.319 e. The van der Waals surface area contributed by atoms with Crippen LogP contribution in [-0.2, 0) is 0 Å². The lowest BCUT2D eigenvalue weighted by molar-refractivity contribution is 0.101. The van der Waals surface area contributed by atoms with E-state index in [0.717, 1.165) is 5.56 Å². The van der Waals surface area contributed by atoms with Gasteiger partial charge in [0.25, 0.3) is 5.91 Å².